The highest BCUT2D eigenvalue weighted by Crippen LogP contribution is 2.38. The Balaban J connectivity index is 2.68. The van der Waals surface area contributed by atoms with Crippen molar-refractivity contribution in [1.82, 2.24) is 0 Å². The van der Waals surface area contributed by atoms with Gasteiger partial charge in [-0.25, -0.2) is 8.78 Å². The van der Waals surface area contributed by atoms with E-state index in [0.717, 1.165) is 4.47 Å². The second kappa shape index (κ2) is 5.15. The van der Waals surface area contributed by atoms with Gasteiger partial charge in [0.15, 0.2) is 0 Å². The average Bonchev–Trinajstić information content (AvgIpc) is 2.28. The van der Waals surface area contributed by atoms with E-state index in [4.69, 9.17) is 11.6 Å². The van der Waals surface area contributed by atoms with Gasteiger partial charge in [0.25, 0.3) is 6.43 Å². The second-order valence-electron chi connectivity index (χ2n) is 3.48. The number of halogens is 4. The molecule has 0 heterocycles. The summed E-state index contributed by atoms with van der Waals surface area (Å²) < 4.78 is 26.8. The normalized spacial score (nSPS) is 10.9. The van der Waals surface area contributed by atoms with Crippen LogP contribution < -0.4 is 0 Å². The first-order valence-electron chi connectivity index (χ1n) is 4.92. The summed E-state index contributed by atoms with van der Waals surface area (Å²) in [7, 11) is 0. The molecule has 0 aliphatic rings. The maximum atomic E-state index is 13.0. The molecule has 0 atom stereocenters. The molecule has 0 unspecified atom stereocenters. The fraction of sp³-hybridized carbons (Fsp3) is 0.0769. The summed E-state index contributed by atoms with van der Waals surface area (Å²) >= 11 is 9.18. The summed E-state index contributed by atoms with van der Waals surface area (Å²) in [5.74, 6) is 0. The third-order valence-electron chi connectivity index (χ3n) is 2.44. The lowest BCUT2D eigenvalue weighted by Crippen LogP contribution is -1.92. The Hall–Kier alpha value is -0.930. The SMILES string of the molecule is FC(F)c1c(Cl)cccc1-c1ccccc1Br. The van der Waals surface area contributed by atoms with Gasteiger partial charge in [-0.2, -0.15) is 0 Å². The summed E-state index contributed by atoms with van der Waals surface area (Å²) in [6.45, 7) is 0. The van der Waals surface area contributed by atoms with Crippen molar-refractivity contribution >= 4 is 27.5 Å². The number of rotatable bonds is 2. The highest BCUT2D eigenvalue weighted by molar-refractivity contribution is 9.10. The van der Waals surface area contributed by atoms with Gasteiger partial charge < -0.3 is 0 Å². The lowest BCUT2D eigenvalue weighted by atomic mass is 10.00. The largest absolute Gasteiger partial charge is 0.265 e. The van der Waals surface area contributed by atoms with Crippen LogP contribution in [0.15, 0.2) is 46.9 Å². The molecule has 2 rings (SSSR count). The summed E-state index contributed by atoms with van der Waals surface area (Å²) in [4.78, 5) is 0. The minimum Gasteiger partial charge on any atom is -0.205 e. The Morgan fingerprint density at radius 2 is 1.59 bits per heavy atom. The van der Waals surface area contributed by atoms with E-state index in [-0.39, 0.29) is 10.6 Å². The summed E-state index contributed by atoms with van der Waals surface area (Å²) in [5.41, 5.74) is 1.05. The summed E-state index contributed by atoms with van der Waals surface area (Å²) in [6, 6.07) is 12.0. The minimum absolute atomic E-state index is 0.0910. The molecule has 2 aromatic rings. The van der Waals surface area contributed by atoms with Crippen LogP contribution in [0, 0.1) is 0 Å². The Kier molecular flexibility index (Phi) is 3.79. The zero-order chi connectivity index (χ0) is 12.4. The van der Waals surface area contributed by atoms with Crippen LogP contribution in [0.1, 0.15) is 12.0 Å². The van der Waals surface area contributed by atoms with Crippen molar-refractivity contribution in [3.63, 3.8) is 0 Å². The highest BCUT2D eigenvalue weighted by atomic mass is 79.9. The smallest absolute Gasteiger partial charge is 0.205 e. The van der Waals surface area contributed by atoms with Gasteiger partial charge in [-0.3, -0.25) is 0 Å². The van der Waals surface area contributed by atoms with Gasteiger partial charge in [0.05, 0.1) is 5.02 Å². The lowest BCUT2D eigenvalue weighted by molar-refractivity contribution is 0.152. The first-order valence-corrected chi connectivity index (χ1v) is 6.10. The Morgan fingerprint density at radius 1 is 0.941 bits per heavy atom. The zero-order valence-electron chi connectivity index (χ0n) is 8.63. The van der Waals surface area contributed by atoms with E-state index in [1.807, 2.05) is 12.1 Å². The standard InChI is InChI=1S/C13H8BrClF2/c14-10-6-2-1-4-8(10)9-5-3-7-11(15)12(9)13(16)17/h1-7,13H. The number of hydrogen-bond acceptors (Lipinski definition) is 0. The molecule has 0 saturated carbocycles. The van der Waals surface area contributed by atoms with Crippen LogP contribution in [0.5, 0.6) is 0 Å². The van der Waals surface area contributed by atoms with Gasteiger partial charge >= 0.3 is 0 Å². The fourth-order valence-electron chi connectivity index (χ4n) is 1.67. The van der Waals surface area contributed by atoms with E-state index in [1.54, 1.807) is 24.3 Å². The third-order valence-corrected chi connectivity index (χ3v) is 3.46. The predicted octanol–water partition coefficient (Wildman–Crippen LogP) is 5.71. The third kappa shape index (κ3) is 2.50. The Morgan fingerprint density at radius 3 is 2.24 bits per heavy atom. The molecular formula is C13H8BrClF2. The molecule has 88 valence electrons. The van der Waals surface area contributed by atoms with Crippen molar-refractivity contribution in [2.24, 2.45) is 0 Å². The summed E-state index contributed by atoms with van der Waals surface area (Å²) in [6.07, 6.45) is -2.59. The van der Waals surface area contributed by atoms with Gasteiger partial charge in [-0.05, 0) is 23.3 Å². The molecule has 0 aliphatic heterocycles. The number of benzene rings is 2. The molecular weight excluding hydrogens is 309 g/mol. The van der Waals surface area contributed by atoms with Crippen LogP contribution in [-0.4, -0.2) is 0 Å². The first kappa shape index (κ1) is 12.5. The molecule has 0 N–H and O–H groups in total. The lowest BCUT2D eigenvalue weighted by Gasteiger charge is -2.12. The molecule has 0 saturated heterocycles. The summed E-state index contributed by atoms with van der Waals surface area (Å²) in [5, 5.41) is 0.0910. The molecule has 17 heavy (non-hydrogen) atoms. The van der Waals surface area contributed by atoms with E-state index in [1.165, 1.54) is 6.07 Å². The maximum Gasteiger partial charge on any atom is 0.265 e. The molecule has 4 heteroatoms. The van der Waals surface area contributed by atoms with Crippen molar-refractivity contribution in [1.29, 1.82) is 0 Å². The zero-order valence-corrected chi connectivity index (χ0v) is 11.0. The van der Waals surface area contributed by atoms with Crippen LogP contribution in [0.25, 0.3) is 11.1 Å². The molecule has 0 bridgehead atoms. The molecule has 2 aromatic carbocycles. The van der Waals surface area contributed by atoms with Crippen molar-refractivity contribution in [2.45, 2.75) is 6.43 Å². The van der Waals surface area contributed by atoms with Crippen molar-refractivity contribution in [3.05, 3.63) is 57.5 Å². The van der Waals surface area contributed by atoms with Crippen molar-refractivity contribution < 1.29 is 8.78 Å². The quantitative estimate of drug-likeness (QED) is 0.666. The van der Waals surface area contributed by atoms with Gasteiger partial charge in [0, 0.05) is 10.0 Å². The highest BCUT2D eigenvalue weighted by Gasteiger charge is 2.18. The average molecular weight is 318 g/mol. The molecule has 0 amide bonds. The van der Waals surface area contributed by atoms with Crippen LogP contribution in [-0.2, 0) is 0 Å². The number of alkyl halides is 2. The molecule has 0 aromatic heterocycles. The van der Waals surface area contributed by atoms with Gasteiger partial charge in [0.1, 0.15) is 0 Å². The predicted molar refractivity (Wildman–Crippen MR) is 69.5 cm³/mol. The number of hydrogen-bond donors (Lipinski definition) is 0. The van der Waals surface area contributed by atoms with E-state index in [0.29, 0.717) is 11.1 Å². The minimum atomic E-state index is -2.59. The van der Waals surface area contributed by atoms with Crippen LogP contribution in [0.2, 0.25) is 5.02 Å². The van der Waals surface area contributed by atoms with Gasteiger partial charge in [-0.15, -0.1) is 0 Å². The van der Waals surface area contributed by atoms with Crippen molar-refractivity contribution in [2.75, 3.05) is 0 Å². The van der Waals surface area contributed by atoms with Crippen molar-refractivity contribution in [3.8, 4) is 11.1 Å². The molecule has 0 aliphatic carbocycles. The van der Waals surface area contributed by atoms with E-state index in [2.05, 4.69) is 15.9 Å². The Bertz CT molecular complexity index is 541. The van der Waals surface area contributed by atoms with E-state index < -0.39 is 6.43 Å². The fourth-order valence-corrected chi connectivity index (χ4v) is 2.43. The van der Waals surface area contributed by atoms with E-state index in [9.17, 15) is 8.78 Å². The maximum absolute atomic E-state index is 13.0. The first-order chi connectivity index (χ1) is 8.11. The van der Waals surface area contributed by atoms with Crippen LogP contribution in [0.4, 0.5) is 8.78 Å². The molecule has 0 fully saturated rings. The molecule has 0 spiro atoms. The van der Waals surface area contributed by atoms with Crippen LogP contribution >= 0.6 is 27.5 Å². The Labute approximate surface area is 111 Å². The molecule has 0 nitrogen and oxygen atoms in total. The van der Waals surface area contributed by atoms with E-state index >= 15 is 0 Å². The molecule has 0 radical (unpaired) electrons. The topological polar surface area (TPSA) is 0 Å². The second-order valence-corrected chi connectivity index (χ2v) is 4.74. The monoisotopic (exact) mass is 316 g/mol. The van der Waals surface area contributed by atoms with Gasteiger partial charge in [-0.1, -0.05) is 57.9 Å². The van der Waals surface area contributed by atoms with Crippen LogP contribution in [0.3, 0.4) is 0 Å². The van der Waals surface area contributed by atoms with Gasteiger partial charge in [0.2, 0.25) is 0 Å².